The summed E-state index contributed by atoms with van der Waals surface area (Å²) in [5, 5.41) is 9.43. The summed E-state index contributed by atoms with van der Waals surface area (Å²) in [6.45, 7) is 1.01. The second kappa shape index (κ2) is 14.3. The van der Waals surface area contributed by atoms with E-state index < -0.39 is 5.97 Å². The Morgan fingerprint density at radius 1 is 0.811 bits per heavy atom. The molecule has 0 radical (unpaired) electrons. The van der Waals surface area contributed by atoms with Crippen molar-refractivity contribution in [1.29, 1.82) is 5.26 Å². The fourth-order valence-corrected chi connectivity index (χ4v) is 3.78. The van der Waals surface area contributed by atoms with Crippen molar-refractivity contribution in [2.24, 2.45) is 0 Å². The van der Waals surface area contributed by atoms with Crippen molar-refractivity contribution in [2.45, 2.75) is 38.5 Å². The van der Waals surface area contributed by atoms with Crippen LogP contribution in [-0.2, 0) is 4.74 Å². The molecule has 0 unspecified atom stereocenters. The number of anilines is 2. The fraction of sp³-hybridized carbons (Fsp3) is 0.267. The Labute approximate surface area is 217 Å². The number of nitrogens with zero attached hydrogens (tertiary/aromatic N) is 1. The summed E-state index contributed by atoms with van der Waals surface area (Å²) in [6.07, 6.45) is 7.75. The summed E-state index contributed by atoms with van der Waals surface area (Å²) in [5.41, 5.74) is 14.7. The number of carbonyl (C=O) groups is 1. The zero-order valence-corrected chi connectivity index (χ0v) is 20.8. The van der Waals surface area contributed by atoms with Gasteiger partial charge < -0.3 is 20.9 Å². The van der Waals surface area contributed by atoms with Crippen molar-refractivity contribution < 1.29 is 18.7 Å². The van der Waals surface area contributed by atoms with Crippen molar-refractivity contribution in [3.05, 3.63) is 89.2 Å². The summed E-state index contributed by atoms with van der Waals surface area (Å²) in [4.78, 5) is 12.0. The topological polar surface area (TPSA) is 111 Å². The minimum Gasteiger partial charge on any atom is -0.494 e. The first-order valence-electron chi connectivity index (χ1n) is 12.4. The van der Waals surface area contributed by atoms with Gasteiger partial charge in [-0.25, -0.2) is 9.18 Å². The first-order valence-corrected chi connectivity index (χ1v) is 12.4. The molecule has 0 aromatic heterocycles. The molecule has 3 rings (SSSR count). The van der Waals surface area contributed by atoms with Crippen LogP contribution in [0.1, 0.15) is 60.0 Å². The van der Waals surface area contributed by atoms with Crippen LogP contribution in [0.15, 0.2) is 66.7 Å². The molecule has 37 heavy (non-hydrogen) atoms. The SMILES string of the molecule is N#C/C(=C\c1ccc(OCCCCCCCCOC(=O)c2cc(N)cc(N)c2)cc1)c1ccc(F)cc1. The molecule has 3 aromatic carbocycles. The second-order valence-corrected chi connectivity index (χ2v) is 8.74. The molecule has 192 valence electrons. The average molecular weight is 502 g/mol. The smallest absolute Gasteiger partial charge is 0.338 e. The van der Waals surface area contributed by atoms with Gasteiger partial charge in [-0.1, -0.05) is 49.9 Å². The van der Waals surface area contributed by atoms with Crippen molar-refractivity contribution >= 4 is 29.0 Å². The van der Waals surface area contributed by atoms with Crippen LogP contribution in [-0.4, -0.2) is 19.2 Å². The Morgan fingerprint density at radius 3 is 2.03 bits per heavy atom. The predicted octanol–water partition coefficient (Wildman–Crippen LogP) is 6.63. The Balaban J connectivity index is 1.26. The molecule has 0 saturated carbocycles. The highest BCUT2D eigenvalue weighted by molar-refractivity contribution is 5.91. The molecule has 0 saturated heterocycles. The van der Waals surface area contributed by atoms with Gasteiger partial charge in [0.1, 0.15) is 11.6 Å². The van der Waals surface area contributed by atoms with E-state index in [0.717, 1.165) is 49.8 Å². The number of hydrogen-bond donors (Lipinski definition) is 2. The first kappa shape index (κ1) is 27.3. The molecule has 0 amide bonds. The molecule has 0 aliphatic heterocycles. The van der Waals surface area contributed by atoms with Crippen molar-refractivity contribution in [1.82, 2.24) is 0 Å². The molecule has 4 N–H and O–H groups in total. The van der Waals surface area contributed by atoms with Crippen LogP contribution in [0.5, 0.6) is 5.75 Å². The largest absolute Gasteiger partial charge is 0.494 e. The van der Waals surface area contributed by atoms with Crippen molar-refractivity contribution in [2.75, 3.05) is 24.7 Å². The van der Waals surface area contributed by atoms with Crippen LogP contribution in [0.3, 0.4) is 0 Å². The van der Waals surface area contributed by atoms with Crippen molar-refractivity contribution in [3.8, 4) is 11.8 Å². The average Bonchev–Trinajstić information content (AvgIpc) is 2.89. The molecular formula is C30H32FN3O3. The third-order valence-electron chi connectivity index (χ3n) is 5.72. The minimum absolute atomic E-state index is 0.331. The van der Waals surface area contributed by atoms with Gasteiger partial charge in [-0.05, 0) is 72.5 Å². The molecule has 0 fully saturated rings. The summed E-state index contributed by atoms with van der Waals surface area (Å²) in [5.74, 6) is 0.0438. The maximum absolute atomic E-state index is 13.1. The molecule has 7 heteroatoms. The lowest BCUT2D eigenvalue weighted by atomic mass is 10.0. The Morgan fingerprint density at radius 2 is 1.41 bits per heavy atom. The third-order valence-corrected chi connectivity index (χ3v) is 5.72. The van der Waals surface area contributed by atoms with E-state index in [1.807, 2.05) is 24.3 Å². The summed E-state index contributed by atoms with van der Waals surface area (Å²) in [6, 6.07) is 20.3. The van der Waals surface area contributed by atoms with E-state index in [1.54, 1.807) is 36.4 Å². The summed E-state index contributed by atoms with van der Waals surface area (Å²) >= 11 is 0. The van der Waals surface area contributed by atoms with Gasteiger partial charge in [0.2, 0.25) is 0 Å². The van der Waals surface area contributed by atoms with Gasteiger partial charge in [-0.2, -0.15) is 5.26 Å². The highest BCUT2D eigenvalue weighted by Crippen LogP contribution is 2.20. The van der Waals surface area contributed by atoms with Crippen LogP contribution < -0.4 is 16.2 Å². The number of nitriles is 1. The van der Waals surface area contributed by atoms with Gasteiger partial charge >= 0.3 is 5.97 Å². The molecule has 6 nitrogen and oxygen atoms in total. The number of esters is 1. The molecule has 0 bridgehead atoms. The lowest BCUT2D eigenvalue weighted by Gasteiger charge is -2.08. The lowest BCUT2D eigenvalue weighted by Crippen LogP contribution is -2.07. The maximum Gasteiger partial charge on any atom is 0.338 e. The highest BCUT2D eigenvalue weighted by atomic mass is 19.1. The first-order chi connectivity index (χ1) is 17.9. The van der Waals surface area contributed by atoms with Gasteiger partial charge in [0.25, 0.3) is 0 Å². The number of nitrogens with two attached hydrogens (primary N) is 2. The molecule has 0 aliphatic carbocycles. The van der Waals surface area contributed by atoms with Crippen LogP contribution in [0.25, 0.3) is 11.6 Å². The zero-order chi connectivity index (χ0) is 26.5. The summed E-state index contributed by atoms with van der Waals surface area (Å²) in [7, 11) is 0. The monoisotopic (exact) mass is 501 g/mol. The van der Waals surface area contributed by atoms with E-state index in [9.17, 15) is 14.4 Å². The molecule has 0 atom stereocenters. The van der Waals surface area contributed by atoms with E-state index >= 15 is 0 Å². The summed E-state index contributed by atoms with van der Waals surface area (Å²) < 4.78 is 24.2. The zero-order valence-electron chi connectivity index (χ0n) is 20.8. The fourth-order valence-electron chi connectivity index (χ4n) is 3.78. The predicted molar refractivity (Wildman–Crippen MR) is 145 cm³/mol. The van der Waals surface area contributed by atoms with Crippen LogP contribution >= 0.6 is 0 Å². The molecule has 0 aliphatic rings. The van der Waals surface area contributed by atoms with Gasteiger partial charge in [-0.15, -0.1) is 0 Å². The van der Waals surface area contributed by atoms with Crippen LogP contribution in [0.2, 0.25) is 0 Å². The second-order valence-electron chi connectivity index (χ2n) is 8.74. The minimum atomic E-state index is -0.404. The number of halogens is 1. The Kier molecular flexibility index (Phi) is 10.5. The number of unbranched alkanes of at least 4 members (excludes halogenated alkanes) is 5. The Bertz CT molecular complexity index is 1210. The molecule has 3 aromatic rings. The number of allylic oxidation sites excluding steroid dienone is 1. The van der Waals surface area contributed by atoms with Gasteiger partial charge in [-0.3, -0.25) is 0 Å². The standard InChI is InChI=1S/C30H32FN3O3/c31-26-11-9-23(10-12-26)25(21-32)17-22-7-13-29(14-8-22)36-15-5-3-1-2-4-6-16-37-30(35)24-18-27(33)20-28(34)19-24/h7-14,17-20H,1-6,15-16,33-34H2/b25-17+. The number of ether oxygens (including phenoxy) is 2. The lowest BCUT2D eigenvalue weighted by molar-refractivity contribution is 0.0497. The maximum atomic E-state index is 13.1. The van der Waals surface area contributed by atoms with Crippen LogP contribution in [0, 0.1) is 17.1 Å². The van der Waals surface area contributed by atoms with E-state index in [1.165, 1.54) is 12.1 Å². The van der Waals surface area contributed by atoms with Gasteiger partial charge in [0, 0.05) is 11.4 Å². The molecular weight excluding hydrogens is 469 g/mol. The third kappa shape index (κ3) is 9.34. The van der Waals surface area contributed by atoms with Gasteiger partial charge in [0.05, 0.1) is 30.4 Å². The van der Waals surface area contributed by atoms with E-state index in [2.05, 4.69) is 6.07 Å². The number of carbonyl (C=O) groups excluding carboxylic acids is 1. The molecule has 0 heterocycles. The Hall–Kier alpha value is -4.31. The highest BCUT2D eigenvalue weighted by Gasteiger charge is 2.08. The number of hydrogen-bond acceptors (Lipinski definition) is 6. The van der Waals surface area contributed by atoms with Crippen LogP contribution in [0.4, 0.5) is 15.8 Å². The van der Waals surface area contributed by atoms with E-state index in [4.69, 9.17) is 20.9 Å². The van der Waals surface area contributed by atoms with Crippen molar-refractivity contribution in [3.63, 3.8) is 0 Å². The van der Waals surface area contributed by atoms with E-state index in [-0.39, 0.29) is 5.82 Å². The number of rotatable bonds is 13. The number of benzene rings is 3. The van der Waals surface area contributed by atoms with E-state index in [0.29, 0.717) is 41.3 Å². The molecule has 0 spiro atoms. The normalized spacial score (nSPS) is 11.1. The van der Waals surface area contributed by atoms with Gasteiger partial charge in [0.15, 0.2) is 0 Å². The number of nitrogen functional groups attached to an aromatic ring is 2. The quantitative estimate of drug-likeness (QED) is 0.0894.